The predicted molar refractivity (Wildman–Crippen MR) is 108 cm³/mol. The molecule has 0 aliphatic carbocycles. The lowest BCUT2D eigenvalue weighted by molar-refractivity contribution is -0.917. The molecule has 3 heterocycles. The van der Waals surface area contributed by atoms with Gasteiger partial charge in [0.1, 0.15) is 6.54 Å². The lowest BCUT2D eigenvalue weighted by Crippen LogP contribution is -3.13. The molecule has 8 heteroatoms. The third kappa shape index (κ3) is 4.88. The van der Waals surface area contributed by atoms with E-state index in [0.717, 1.165) is 37.6 Å². The molecule has 0 atom stereocenters. The number of aromatic nitrogens is 2. The van der Waals surface area contributed by atoms with Crippen LogP contribution in [-0.4, -0.2) is 47.1 Å². The van der Waals surface area contributed by atoms with Gasteiger partial charge in [0.2, 0.25) is 17.6 Å². The number of hydrogen-bond acceptors (Lipinski definition) is 6. The highest BCUT2D eigenvalue weighted by Crippen LogP contribution is 2.21. The maximum atomic E-state index is 12.5. The van der Waals surface area contributed by atoms with Crippen molar-refractivity contribution in [1.29, 1.82) is 5.26 Å². The van der Waals surface area contributed by atoms with E-state index in [2.05, 4.69) is 16.2 Å². The number of piperazine rings is 1. The highest BCUT2D eigenvalue weighted by atomic mass is 32.1. The summed E-state index contributed by atoms with van der Waals surface area (Å²) in [6, 6.07) is 13.8. The zero-order valence-corrected chi connectivity index (χ0v) is 16.8. The molecule has 3 aromatic rings. The number of thiophene rings is 1. The van der Waals surface area contributed by atoms with Crippen molar-refractivity contribution in [2.45, 2.75) is 19.4 Å². The van der Waals surface area contributed by atoms with Crippen molar-refractivity contribution < 1.29 is 14.2 Å². The number of benzene rings is 1. The van der Waals surface area contributed by atoms with Crippen LogP contribution >= 0.6 is 11.3 Å². The Morgan fingerprint density at radius 2 is 2.03 bits per heavy atom. The van der Waals surface area contributed by atoms with Crippen molar-refractivity contribution in [2.75, 3.05) is 26.2 Å². The Hall–Kier alpha value is -3.02. The van der Waals surface area contributed by atoms with Crippen LogP contribution in [0.1, 0.15) is 23.4 Å². The van der Waals surface area contributed by atoms with Crippen molar-refractivity contribution in [3.8, 4) is 16.8 Å². The number of carbonyl (C=O) groups is 1. The van der Waals surface area contributed by atoms with Gasteiger partial charge in [-0.25, -0.2) is 0 Å². The first-order chi connectivity index (χ1) is 14.2. The second-order valence-electron chi connectivity index (χ2n) is 7.11. The molecule has 1 N–H and O–H groups in total. The summed E-state index contributed by atoms with van der Waals surface area (Å²) in [5, 5.41) is 14.8. The summed E-state index contributed by atoms with van der Waals surface area (Å²) in [6.45, 7) is 4.29. The van der Waals surface area contributed by atoms with E-state index in [1.807, 2.05) is 46.7 Å². The molecule has 2 aromatic heterocycles. The first-order valence-corrected chi connectivity index (χ1v) is 10.6. The standard InChI is InChI=1S/C21H21N5O2S/c22-14-16-3-5-17(6-4-16)15-25-9-11-26(12-10-25)20(27)8-7-19-23-21(24-28-19)18-2-1-13-29-18/h1-6,13H,7-12,15H2/p+1. The molecule has 0 unspecified atom stereocenters. The van der Waals surface area contributed by atoms with Crippen LogP contribution in [0.25, 0.3) is 10.7 Å². The molecule has 0 bridgehead atoms. The van der Waals surface area contributed by atoms with Gasteiger partial charge >= 0.3 is 0 Å². The maximum Gasteiger partial charge on any atom is 0.227 e. The molecule has 7 nitrogen and oxygen atoms in total. The zero-order chi connectivity index (χ0) is 20.1. The van der Waals surface area contributed by atoms with Crippen LogP contribution in [0, 0.1) is 11.3 Å². The molecule has 1 aliphatic heterocycles. The Morgan fingerprint density at radius 3 is 2.72 bits per heavy atom. The third-order valence-corrected chi connectivity index (χ3v) is 5.99. The molecule has 148 valence electrons. The maximum absolute atomic E-state index is 12.5. The molecule has 0 saturated carbocycles. The fourth-order valence-corrected chi connectivity index (χ4v) is 4.12. The summed E-state index contributed by atoms with van der Waals surface area (Å²) in [6.07, 6.45) is 0.854. The van der Waals surface area contributed by atoms with E-state index < -0.39 is 0 Å². The van der Waals surface area contributed by atoms with E-state index >= 15 is 0 Å². The van der Waals surface area contributed by atoms with Crippen molar-refractivity contribution in [3.05, 3.63) is 58.8 Å². The van der Waals surface area contributed by atoms with Crippen LogP contribution in [0.3, 0.4) is 0 Å². The normalized spacial score (nSPS) is 14.7. The molecule has 0 spiro atoms. The summed E-state index contributed by atoms with van der Waals surface area (Å²) >= 11 is 1.56. The predicted octanol–water partition coefficient (Wildman–Crippen LogP) is 1.53. The molecule has 1 aliphatic rings. The van der Waals surface area contributed by atoms with Gasteiger partial charge in [-0.1, -0.05) is 23.4 Å². The molecule has 1 aromatic carbocycles. The molecule has 29 heavy (non-hydrogen) atoms. The number of carbonyl (C=O) groups excluding carboxylic acids is 1. The van der Waals surface area contributed by atoms with Crippen LogP contribution in [0.4, 0.5) is 0 Å². The van der Waals surface area contributed by atoms with E-state index in [-0.39, 0.29) is 5.91 Å². The molecule has 4 rings (SSSR count). The minimum absolute atomic E-state index is 0.137. The Bertz CT molecular complexity index is 983. The fourth-order valence-electron chi connectivity index (χ4n) is 3.47. The zero-order valence-electron chi connectivity index (χ0n) is 16.0. The first kappa shape index (κ1) is 19.3. The van der Waals surface area contributed by atoms with Crippen molar-refractivity contribution in [1.82, 2.24) is 15.0 Å². The molecule has 1 amide bonds. The van der Waals surface area contributed by atoms with Crippen LogP contribution in [0.2, 0.25) is 0 Å². The minimum atomic E-state index is 0.137. The Balaban J connectivity index is 1.22. The van der Waals surface area contributed by atoms with Gasteiger partial charge in [0.15, 0.2) is 0 Å². The topological polar surface area (TPSA) is 87.5 Å². The average Bonchev–Trinajstić information content (AvgIpc) is 3.45. The number of rotatable bonds is 6. The number of nitriles is 1. The number of aryl methyl sites for hydroxylation is 1. The van der Waals surface area contributed by atoms with E-state index in [1.54, 1.807) is 11.3 Å². The van der Waals surface area contributed by atoms with Crippen molar-refractivity contribution in [3.63, 3.8) is 0 Å². The van der Waals surface area contributed by atoms with Crippen LogP contribution in [0.15, 0.2) is 46.3 Å². The summed E-state index contributed by atoms with van der Waals surface area (Å²) in [7, 11) is 0. The number of nitrogens with one attached hydrogen (secondary N) is 1. The van der Waals surface area contributed by atoms with Crippen LogP contribution < -0.4 is 4.90 Å². The molecular formula is C21H22N5O2S+. The smallest absolute Gasteiger partial charge is 0.227 e. The summed E-state index contributed by atoms with van der Waals surface area (Å²) < 4.78 is 5.28. The summed E-state index contributed by atoms with van der Waals surface area (Å²) in [5.74, 6) is 1.23. The van der Waals surface area contributed by atoms with Crippen LogP contribution in [0.5, 0.6) is 0 Å². The SMILES string of the molecule is N#Cc1ccc(C[NH+]2CCN(C(=O)CCc3nc(-c4cccs4)no3)CC2)cc1. The monoisotopic (exact) mass is 408 g/mol. The van der Waals surface area contributed by atoms with E-state index in [1.165, 1.54) is 10.5 Å². The highest BCUT2D eigenvalue weighted by molar-refractivity contribution is 7.13. The Morgan fingerprint density at radius 1 is 1.24 bits per heavy atom. The van der Waals surface area contributed by atoms with Gasteiger partial charge in [-0.2, -0.15) is 10.2 Å². The number of amides is 1. The van der Waals surface area contributed by atoms with Gasteiger partial charge in [-0.05, 0) is 23.6 Å². The van der Waals surface area contributed by atoms with E-state index in [9.17, 15) is 4.79 Å². The lowest BCUT2D eigenvalue weighted by Gasteiger charge is -2.32. The third-order valence-electron chi connectivity index (χ3n) is 5.12. The lowest BCUT2D eigenvalue weighted by atomic mass is 10.1. The van der Waals surface area contributed by atoms with Gasteiger partial charge in [0.05, 0.1) is 42.7 Å². The largest absolute Gasteiger partial charge is 0.339 e. The quantitative estimate of drug-likeness (QED) is 0.668. The number of hydrogen-bond donors (Lipinski definition) is 1. The Labute approximate surface area is 173 Å². The highest BCUT2D eigenvalue weighted by Gasteiger charge is 2.24. The first-order valence-electron chi connectivity index (χ1n) is 9.68. The van der Waals surface area contributed by atoms with Gasteiger partial charge < -0.3 is 14.3 Å². The molecule has 1 fully saturated rings. The van der Waals surface area contributed by atoms with Gasteiger partial charge in [0.25, 0.3) is 0 Å². The second kappa shape index (κ2) is 8.99. The number of nitrogens with zero attached hydrogens (tertiary/aromatic N) is 4. The van der Waals surface area contributed by atoms with Crippen molar-refractivity contribution >= 4 is 17.2 Å². The molecule has 1 saturated heterocycles. The van der Waals surface area contributed by atoms with Gasteiger partial charge in [0, 0.05) is 18.4 Å². The minimum Gasteiger partial charge on any atom is -0.339 e. The van der Waals surface area contributed by atoms with E-state index in [0.29, 0.717) is 30.1 Å². The fraction of sp³-hybridized carbons (Fsp3) is 0.333. The van der Waals surface area contributed by atoms with Gasteiger partial charge in [-0.3, -0.25) is 4.79 Å². The van der Waals surface area contributed by atoms with E-state index in [4.69, 9.17) is 9.78 Å². The van der Waals surface area contributed by atoms with Crippen LogP contribution in [-0.2, 0) is 17.8 Å². The van der Waals surface area contributed by atoms with Crippen molar-refractivity contribution in [2.24, 2.45) is 0 Å². The molecular weight excluding hydrogens is 386 g/mol. The summed E-state index contributed by atoms with van der Waals surface area (Å²) in [4.78, 5) is 21.3. The molecule has 0 radical (unpaired) electrons. The number of quaternary nitrogens is 1. The Kier molecular flexibility index (Phi) is 5.98. The second-order valence-corrected chi connectivity index (χ2v) is 8.05. The van der Waals surface area contributed by atoms with Gasteiger partial charge in [-0.15, -0.1) is 11.3 Å². The average molecular weight is 409 g/mol. The summed E-state index contributed by atoms with van der Waals surface area (Å²) in [5.41, 5.74) is 1.90.